The van der Waals surface area contributed by atoms with Crippen molar-refractivity contribution in [3.63, 3.8) is 0 Å². The Bertz CT molecular complexity index is 729. The molecule has 1 aromatic rings. The number of carbonyl (C=O) groups is 2. The average Bonchev–Trinajstić information content (AvgIpc) is 2.87. The van der Waals surface area contributed by atoms with Crippen LogP contribution in [0.3, 0.4) is 0 Å². The highest BCUT2D eigenvalue weighted by Crippen LogP contribution is 2.31. The first-order chi connectivity index (χ1) is 13.6. The van der Waals surface area contributed by atoms with E-state index in [-0.39, 0.29) is 11.8 Å². The van der Waals surface area contributed by atoms with Crippen LogP contribution in [-0.4, -0.2) is 41.9 Å². The molecule has 1 aliphatic carbocycles. The van der Waals surface area contributed by atoms with E-state index in [2.05, 4.69) is 29.6 Å². The van der Waals surface area contributed by atoms with Gasteiger partial charge in [0.2, 0.25) is 11.8 Å². The molecule has 0 bridgehead atoms. The summed E-state index contributed by atoms with van der Waals surface area (Å²) in [6.45, 7) is 3.01. The third-order valence-electron chi connectivity index (χ3n) is 5.82. The van der Waals surface area contributed by atoms with Gasteiger partial charge in [-0.15, -0.1) is 0 Å². The standard InChI is InChI=1S/C23H31N3O2/c1-2-25-22(27)21(15-17-9-5-3-6-10-17)26-14-13-19(16-20(24)23(26)28)18-11-7-4-8-12-18/h3-11,18-21H,2,12-16,24H2,1H3,(H,25,27)/t18-,19?,20-,21-/m0/s1. The number of nitrogens with one attached hydrogen (secondary N) is 1. The van der Waals surface area contributed by atoms with Crippen LogP contribution in [0.25, 0.3) is 0 Å². The van der Waals surface area contributed by atoms with Crippen LogP contribution in [-0.2, 0) is 16.0 Å². The second-order valence-electron chi connectivity index (χ2n) is 7.74. The molecule has 1 saturated heterocycles. The Morgan fingerprint density at radius 2 is 2.07 bits per heavy atom. The zero-order chi connectivity index (χ0) is 19.9. The molecule has 0 aromatic heterocycles. The quantitative estimate of drug-likeness (QED) is 0.795. The topological polar surface area (TPSA) is 75.4 Å². The molecule has 1 fully saturated rings. The fourth-order valence-electron chi connectivity index (χ4n) is 4.29. The molecule has 0 saturated carbocycles. The first-order valence-corrected chi connectivity index (χ1v) is 10.3. The molecule has 2 aliphatic rings. The molecule has 5 heteroatoms. The molecule has 2 amide bonds. The van der Waals surface area contributed by atoms with Gasteiger partial charge in [0, 0.05) is 19.5 Å². The summed E-state index contributed by atoms with van der Waals surface area (Å²) in [5.41, 5.74) is 7.35. The summed E-state index contributed by atoms with van der Waals surface area (Å²) in [6, 6.07) is 8.78. The second-order valence-corrected chi connectivity index (χ2v) is 7.74. The van der Waals surface area contributed by atoms with Crippen molar-refractivity contribution in [2.75, 3.05) is 13.1 Å². The molecule has 1 aromatic carbocycles. The normalized spacial score (nSPS) is 26.0. The van der Waals surface area contributed by atoms with Crippen LogP contribution in [0.1, 0.15) is 31.7 Å². The van der Waals surface area contributed by atoms with E-state index in [0.717, 1.165) is 18.4 Å². The molecule has 1 aliphatic heterocycles. The Labute approximate surface area is 167 Å². The summed E-state index contributed by atoms with van der Waals surface area (Å²) < 4.78 is 0. The van der Waals surface area contributed by atoms with Crippen molar-refractivity contribution in [3.05, 3.63) is 60.2 Å². The van der Waals surface area contributed by atoms with Gasteiger partial charge in [-0.1, -0.05) is 54.6 Å². The first-order valence-electron chi connectivity index (χ1n) is 10.3. The molecule has 3 N–H and O–H groups in total. The minimum atomic E-state index is -0.556. The van der Waals surface area contributed by atoms with Gasteiger partial charge in [0.05, 0.1) is 6.04 Å². The van der Waals surface area contributed by atoms with Gasteiger partial charge in [-0.3, -0.25) is 9.59 Å². The molecule has 1 unspecified atom stereocenters. The maximum absolute atomic E-state index is 13.1. The van der Waals surface area contributed by atoms with E-state index in [1.165, 1.54) is 0 Å². The SMILES string of the molecule is CCNC(=O)[C@H](Cc1ccccc1)N1CCC([C@H]2C=CC=CC2)C[C@H](N)C1=O. The number of allylic oxidation sites excluding steroid dienone is 4. The van der Waals surface area contributed by atoms with Crippen molar-refractivity contribution in [2.24, 2.45) is 17.6 Å². The minimum absolute atomic E-state index is 0.106. The lowest BCUT2D eigenvalue weighted by Gasteiger charge is -2.31. The molecule has 28 heavy (non-hydrogen) atoms. The number of carbonyl (C=O) groups excluding carboxylic acids is 2. The van der Waals surface area contributed by atoms with Gasteiger partial charge >= 0.3 is 0 Å². The lowest BCUT2D eigenvalue weighted by atomic mass is 9.81. The van der Waals surface area contributed by atoms with Crippen LogP contribution in [0.4, 0.5) is 0 Å². The van der Waals surface area contributed by atoms with E-state index in [9.17, 15) is 9.59 Å². The van der Waals surface area contributed by atoms with Crippen LogP contribution in [0.15, 0.2) is 54.6 Å². The number of likely N-dealkylation sites (tertiary alicyclic amines) is 1. The van der Waals surface area contributed by atoms with Crippen LogP contribution >= 0.6 is 0 Å². The van der Waals surface area contributed by atoms with Gasteiger partial charge in [0.1, 0.15) is 6.04 Å². The van der Waals surface area contributed by atoms with Crippen molar-refractivity contribution < 1.29 is 9.59 Å². The number of nitrogens with two attached hydrogens (primary N) is 1. The van der Waals surface area contributed by atoms with Gasteiger partial charge in [-0.05, 0) is 43.6 Å². The average molecular weight is 382 g/mol. The molecule has 5 nitrogen and oxygen atoms in total. The molecule has 4 atom stereocenters. The van der Waals surface area contributed by atoms with E-state index in [0.29, 0.717) is 37.8 Å². The molecular weight excluding hydrogens is 350 g/mol. The van der Waals surface area contributed by atoms with E-state index in [1.54, 1.807) is 4.90 Å². The smallest absolute Gasteiger partial charge is 0.243 e. The van der Waals surface area contributed by atoms with Gasteiger partial charge in [-0.25, -0.2) is 0 Å². The number of hydrogen-bond acceptors (Lipinski definition) is 3. The lowest BCUT2D eigenvalue weighted by Crippen LogP contribution is -2.54. The summed E-state index contributed by atoms with van der Waals surface area (Å²) in [6.07, 6.45) is 11.6. The number of hydrogen-bond donors (Lipinski definition) is 2. The maximum Gasteiger partial charge on any atom is 0.243 e. The van der Waals surface area contributed by atoms with Crippen molar-refractivity contribution in [1.82, 2.24) is 10.2 Å². The second kappa shape index (κ2) is 9.69. The molecular formula is C23H31N3O2. The third kappa shape index (κ3) is 4.90. The summed E-state index contributed by atoms with van der Waals surface area (Å²) in [4.78, 5) is 27.7. The van der Waals surface area contributed by atoms with Crippen molar-refractivity contribution in [1.29, 1.82) is 0 Å². The highest BCUT2D eigenvalue weighted by atomic mass is 16.2. The Balaban J connectivity index is 1.79. The third-order valence-corrected chi connectivity index (χ3v) is 5.82. The van der Waals surface area contributed by atoms with E-state index in [1.807, 2.05) is 37.3 Å². The van der Waals surface area contributed by atoms with Gasteiger partial charge < -0.3 is 16.0 Å². The Kier molecular flexibility index (Phi) is 7.04. The number of nitrogens with zero attached hydrogens (tertiary/aromatic N) is 1. The van der Waals surface area contributed by atoms with Crippen LogP contribution < -0.4 is 11.1 Å². The highest BCUT2D eigenvalue weighted by molar-refractivity contribution is 5.90. The number of benzene rings is 1. The maximum atomic E-state index is 13.1. The number of likely N-dealkylation sites (N-methyl/N-ethyl adjacent to an activating group) is 1. The van der Waals surface area contributed by atoms with Crippen molar-refractivity contribution in [3.8, 4) is 0 Å². The highest BCUT2D eigenvalue weighted by Gasteiger charge is 2.37. The molecule has 3 rings (SSSR count). The summed E-state index contributed by atoms with van der Waals surface area (Å²) in [5, 5.41) is 2.90. The first kappa shape index (κ1) is 20.3. The molecule has 150 valence electrons. The van der Waals surface area contributed by atoms with Crippen LogP contribution in [0.5, 0.6) is 0 Å². The number of rotatable bonds is 6. The number of amides is 2. The largest absolute Gasteiger partial charge is 0.355 e. The monoisotopic (exact) mass is 381 g/mol. The zero-order valence-electron chi connectivity index (χ0n) is 16.6. The summed E-state index contributed by atoms with van der Waals surface area (Å²) in [5.74, 6) is 0.563. The van der Waals surface area contributed by atoms with Crippen molar-refractivity contribution in [2.45, 2.75) is 44.7 Å². The molecule has 0 radical (unpaired) electrons. The Morgan fingerprint density at radius 3 is 2.75 bits per heavy atom. The van der Waals surface area contributed by atoms with Gasteiger partial charge in [0.25, 0.3) is 0 Å². The lowest BCUT2D eigenvalue weighted by molar-refractivity contribution is -0.141. The zero-order valence-corrected chi connectivity index (χ0v) is 16.6. The summed E-state index contributed by atoms with van der Waals surface area (Å²) in [7, 11) is 0. The van der Waals surface area contributed by atoms with Crippen LogP contribution in [0.2, 0.25) is 0 Å². The Hall–Kier alpha value is -2.40. The van der Waals surface area contributed by atoms with Gasteiger partial charge in [-0.2, -0.15) is 0 Å². The van der Waals surface area contributed by atoms with E-state index < -0.39 is 12.1 Å². The predicted molar refractivity (Wildman–Crippen MR) is 111 cm³/mol. The van der Waals surface area contributed by atoms with Crippen molar-refractivity contribution >= 4 is 11.8 Å². The summed E-state index contributed by atoms with van der Waals surface area (Å²) >= 11 is 0. The fourth-order valence-corrected chi connectivity index (χ4v) is 4.29. The predicted octanol–water partition coefficient (Wildman–Crippen LogP) is 2.43. The van der Waals surface area contributed by atoms with E-state index in [4.69, 9.17) is 5.73 Å². The van der Waals surface area contributed by atoms with Gasteiger partial charge in [0.15, 0.2) is 0 Å². The van der Waals surface area contributed by atoms with E-state index >= 15 is 0 Å². The van der Waals surface area contributed by atoms with Crippen LogP contribution in [0, 0.1) is 11.8 Å². The fraction of sp³-hybridized carbons (Fsp3) is 0.478. The Morgan fingerprint density at radius 1 is 1.29 bits per heavy atom. The molecule has 1 heterocycles. The minimum Gasteiger partial charge on any atom is -0.355 e. The molecule has 0 spiro atoms.